The van der Waals surface area contributed by atoms with Crippen LogP contribution in [0, 0.1) is 5.41 Å². The van der Waals surface area contributed by atoms with Crippen LogP contribution >= 0.6 is 31.9 Å². The molecule has 42 heavy (non-hydrogen) atoms. The number of hydrogen-bond donors (Lipinski definition) is 6. The van der Waals surface area contributed by atoms with Crippen molar-refractivity contribution in [3.8, 4) is 5.75 Å². The Bertz CT molecular complexity index is 1230. The van der Waals surface area contributed by atoms with E-state index in [0.717, 1.165) is 0 Å². The Hall–Kier alpha value is -2.68. The Balaban J connectivity index is 0.000000737. The minimum atomic E-state index is -1.04. The minimum absolute atomic E-state index is 0.0486. The van der Waals surface area contributed by atoms with Gasteiger partial charge in [0.25, 0.3) is 12.4 Å². The number of carbonyl (C=O) groups is 4. The summed E-state index contributed by atoms with van der Waals surface area (Å²) in [5, 5.41) is 38.1. The maximum absolute atomic E-state index is 12.3. The number of carboxylic acid groups (broad SMARTS) is 1. The fraction of sp³-hybridized carbons (Fsp3) is 0.448. The Morgan fingerprint density at radius 1 is 0.881 bits per heavy atom. The first-order valence-electron chi connectivity index (χ1n) is 12.6. The minimum Gasteiger partial charge on any atom is -0.478 e. The number of Topliss-reactive ketones (excluding diaryl/α,β-unsaturated/α-hetero) is 1. The summed E-state index contributed by atoms with van der Waals surface area (Å²) < 4.78 is 5.40. The van der Waals surface area contributed by atoms with Crippen LogP contribution in [0.5, 0.6) is 5.75 Å². The third-order valence-corrected chi connectivity index (χ3v) is 6.52. The number of carboxylic acids is 1. The molecule has 13 heteroatoms. The average molecular weight is 720 g/mol. The quantitative estimate of drug-likeness (QED) is 0.146. The van der Waals surface area contributed by atoms with Gasteiger partial charge in [-0.25, -0.2) is 4.79 Å². The number of ketones is 1. The highest BCUT2D eigenvalue weighted by Crippen LogP contribution is 2.25. The van der Waals surface area contributed by atoms with Crippen molar-refractivity contribution in [3.63, 3.8) is 0 Å². The van der Waals surface area contributed by atoms with Gasteiger partial charge in [0.05, 0.1) is 29.9 Å². The fourth-order valence-corrected chi connectivity index (χ4v) is 3.76. The molecule has 0 saturated heterocycles. The zero-order chi connectivity index (χ0) is 32.9. The molecule has 0 saturated carbocycles. The molecular weight excluding hydrogens is 680 g/mol. The summed E-state index contributed by atoms with van der Waals surface area (Å²) in [6, 6.07) is 8.95. The van der Waals surface area contributed by atoms with Crippen LogP contribution in [0.25, 0.3) is 0 Å². The van der Waals surface area contributed by atoms with Gasteiger partial charge in [0.15, 0.2) is 5.78 Å². The van der Waals surface area contributed by atoms with Crippen molar-refractivity contribution in [2.45, 2.75) is 59.0 Å². The van der Waals surface area contributed by atoms with Crippen molar-refractivity contribution in [1.82, 2.24) is 5.32 Å². The molecule has 0 aliphatic rings. The number of aliphatic hydroxyl groups is 3. The van der Waals surface area contributed by atoms with E-state index < -0.39 is 22.5 Å². The molecule has 0 bridgehead atoms. The number of hydrogen-bond acceptors (Lipinski definition) is 9. The molecule has 0 heterocycles. The van der Waals surface area contributed by atoms with Crippen LogP contribution in [-0.2, 0) is 4.79 Å². The number of amides is 1. The maximum atomic E-state index is 12.3. The molecule has 0 spiro atoms. The second kappa shape index (κ2) is 17.4. The molecule has 7 N–H and O–H groups in total. The number of nitrogens with one attached hydrogen (secondary N) is 1. The Kier molecular flexibility index (Phi) is 16.3. The van der Waals surface area contributed by atoms with Gasteiger partial charge >= 0.3 is 5.97 Å². The molecule has 0 aliphatic heterocycles. The van der Waals surface area contributed by atoms with Gasteiger partial charge in [0.1, 0.15) is 5.75 Å². The van der Waals surface area contributed by atoms with E-state index in [0.29, 0.717) is 25.8 Å². The Morgan fingerprint density at radius 3 is 1.81 bits per heavy atom. The van der Waals surface area contributed by atoms with Crippen molar-refractivity contribution >= 4 is 56.0 Å². The van der Waals surface area contributed by atoms with Crippen LogP contribution in [0.2, 0.25) is 0 Å². The smallest absolute Gasteiger partial charge is 0.336 e. The zero-order valence-electron chi connectivity index (χ0n) is 24.5. The van der Waals surface area contributed by atoms with E-state index in [9.17, 15) is 29.4 Å². The zero-order valence-corrected chi connectivity index (χ0v) is 27.7. The summed E-state index contributed by atoms with van der Waals surface area (Å²) in [5.74, 6) is -1.16. The Labute approximate surface area is 262 Å². The van der Waals surface area contributed by atoms with Gasteiger partial charge in [-0.3, -0.25) is 14.4 Å². The summed E-state index contributed by atoms with van der Waals surface area (Å²) >= 11 is 6.36. The molecule has 1 amide bonds. The molecule has 11 nitrogen and oxygen atoms in total. The highest BCUT2D eigenvalue weighted by molar-refractivity contribution is 9.10. The van der Waals surface area contributed by atoms with E-state index in [4.69, 9.17) is 15.9 Å². The SMILES string of the molecule is CC(C)(CO)CC(=O)c1ccc(C(=O)NC(C)(C)CO)c(Br)c1.CC(C)(N)CO.O=COc1ccc(C(=O)O)c(Br)c1. The second-order valence-corrected chi connectivity index (χ2v) is 13.1. The molecule has 2 aromatic carbocycles. The number of halogens is 2. The normalized spacial score (nSPS) is 11.2. The third-order valence-electron chi connectivity index (χ3n) is 5.21. The van der Waals surface area contributed by atoms with E-state index in [1.54, 1.807) is 45.9 Å². The van der Waals surface area contributed by atoms with Crippen LogP contribution < -0.4 is 15.8 Å². The highest BCUT2D eigenvalue weighted by Gasteiger charge is 2.24. The van der Waals surface area contributed by atoms with Gasteiger partial charge in [-0.2, -0.15) is 0 Å². The first kappa shape index (κ1) is 39.3. The van der Waals surface area contributed by atoms with E-state index in [1.807, 2.05) is 13.8 Å². The molecule has 2 rings (SSSR count). The molecule has 0 aromatic heterocycles. The van der Waals surface area contributed by atoms with Gasteiger partial charge in [0.2, 0.25) is 0 Å². The monoisotopic (exact) mass is 718 g/mol. The first-order chi connectivity index (χ1) is 19.2. The lowest BCUT2D eigenvalue weighted by Gasteiger charge is -2.24. The van der Waals surface area contributed by atoms with E-state index in [-0.39, 0.29) is 50.0 Å². The summed E-state index contributed by atoms with van der Waals surface area (Å²) in [5.41, 5.74) is 4.67. The highest BCUT2D eigenvalue weighted by atomic mass is 79.9. The summed E-state index contributed by atoms with van der Waals surface area (Å²) in [4.78, 5) is 45.0. The lowest BCUT2D eigenvalue weighted by molar-refractivity contribution is -0.120. The lowest BCUT2D eigenvalue weighted by Crippen LogP contribution is -2.46. The van der Waals surface area contributed by atoms with E-state index in [1.165, 1.54) is 18.2 Å². The molecule has 0 unspecified atom stereocenters. The van der Waals surface area contributed by atoms with E-state index >= 15 is 0 Å². The summed E-state index contributed by atoms with van der Waals surface area (Å²) in [6.45, 7) is 10.7. The van der Waals surface area contributed by atoms with Crippen molar-refractivity contribution in [1.29, 1.82) is 0 Å². The number of rotatable bonds is 11. The van der Waals surface area contributed by atoms with Crippen LogP contribution in [-0.4, -0.2) is 75.5 Å². The van der Waals surface area contributed by atoms with Crippen molar-refractivity contribution < 1.29 is 44.3 Å². The fourth-order valence-electron chi connectivity index (χ4n) is 2.68. The molecule has 2 aromatic rings. The summed E-state index contributed by atoms with van der Waals surface area (Å²) in [6.07, 6.45) is 0.221. The predicted molar refractivity (Wildman–Crippen MR) is 166 cm³/mol. The summed E-state index contributed by atoms with van der Waals surface area (Å²) in [7, 11) is 0. The number of carbonyl (C=O) groups excluding carboxylic acids is 3. The standard InChI is InChI=1S/C17H24BrNO4.C8H5BrO4.C4H11NO/c1-16(2,9-20)8-14(22)11-5-6-12(13(18)7-11)15(23)19-17(3,4)10-21;9-7-3-5(13-4-10)1-2-6(7)8(11)12;1-4(2,5)3-6/h5-7,20-21H,8-10H2,1-4H3,(H,19,23);1-4H,(H,11,12);6H,3,5H2,1-2H3. The third kappa shape index (κ3) is 15.0. The maximum Gasteiger partial charge on any atom is 0.336 e. The lowest BCUT2D eigenvalue weighted by atomic mass is 9.86. The molecule has 234 valence electrons. The molecule has 0 atom stereocenters. The predicted octanol–water partition coefficient (Wildman–Crippen LogP) is 3.94. The van der Waals surface area contributed by atoms with Crippen LogP contribution in [0.1, 0.15) is 79.0 Å². The topological polar surface area (TPSA) is 196 Å². The number of ether oxygens (including phenoxy) is 1. The number of aliphatic hydroxyl groups excluding tert-OH is 3. The van der Waals surface area contributed by atoms with Gasteiger partial charge in [-0.15, -0.1) is 0 Å². The van der Waals surface area contributed by atoms with Gasteiger partial charge in [-0.05, 0) is 95.3 Å². The van der Waals surface area contributed by atoms with Gasteiger partial charge < -0.3 is 36.2 Å². The van der Waals surface area contributed by atoms with Crippen LogP contribution in [0.15, 0.2) is 45.3 Å². The molecule has 0 radical (unpaired) electrons. The first-order valence-corrected chi connectivity index (χ1v) is 14.2. The van der Waals surface area contributed by atoms with Crippen molar-refractivity contribution in [2.24, 2.45) is 11.1 Å². The molecular formula is C29H40Br2N2O9. The van der Waals surface area contributed by atoms with Crippen LogP contribution in [0.3, 0.4) is 0 Å². The number of aromatic carboxylic acids is 1. The van der Waals surface area contributed by atoms with Gasteiger partial charge in [-0.1, -0.05) is 19.9 Å². The average Bonchev–Trinajstić information content (AvgIpc) is 2.88. The largest absolute Gasteiger partial charge is 0.478 e. The second-order valence-electron chi connectivity index (χ2n) is 11.4. The Morgan fingerprint density at radius 2 is 1.40 bits per heavy atom. The van der Waals surface area contributed by atoms with Crippen molar-refractivity contribution in [3.05, 3.63) is 62.0 Å². The number of benzene rings is 2. The molecule has 0 fully saturated rings. The van der Waals surface area contributed by atoms with E-state index in [2.05, 4.69) is 41.9 Å². The van der Waals surface area contributed by atoms with Crippen LogP contribution in [0.4, 0.5) is 0 Å². The van der Waals surface area contributed by atoms with Gasteiger partial charge in [0, 0.05) is 33.1 Å². The molecule has 0 aliphatic carbocycles. The van der Waals surface area contributed by atoms with Crippen molar-refractivity contribution in [2.75, 3.05) is 19.8 Å². The number of nitrogens with two attached hydrogens (primary N) is 1.